The van der Waals surface area contributed by atoms with Crippen LogP contribution in [0.4, 0.5) is 5.69 Å². The Kier molecular flexibility index (Phi) is 4.89. The zero-order chi connectivity index (χ0) is 14.6. The van der Waals surface area contributed by atoms with Gasteiger partial charge in [0.25, 0.3) is 0 Å². The fraction of sp³-hybridized carbons (Fsp3) is 0.533. The van der Waals surface area contributed by atoms with Gasteiger partial charge in [-0.2, -0.15) is 0 Å². The number of nitrogens with one attached hydrogen (secondary N) is 1. The van der Waals surface area contributed by atoms with Gasteiger partial charge in [0.15, 0.2) is 0 Å². The van der Waals surface area contributed by atoms with Gasteiger partial charge >= 0.3 is 5.97 Å². The average molecular weight is 298 g/mol. The SMILES string of the molecule is O=C(O)c1c(Cl)cccc1NCC1(CO)CCCCC1. The van der Waals surface area contributed by atoms with E-state index in [2.05, 4.69) is 5.32 Å². The molecule has 1 aliphatic rings. The van der Waals surface area contributed by atoms with Gasteiger partial charge in [0.05, 0.1) is 17.3 Å². The lowest BCUT2D eigenvalue weighted by molar-refractivity contribution is 0.0697. The molecule has 1 aromatic rings. The molecule has 0 bridgehead atoms. The Morgan fingerprint density at radius 1 is 1.30 bits per heavy atom. The number of carboxylic acids is 1. The van der Waals surface area contributed by atoms with Crippen molar-refractivity contribution in [3.05, 3.63) is 28.8 Å². The summed E-state index contributed by atoms with van der Waals surface area (Å²) in [6.07, 6.45) is 5.38. The number of halogens is 1. The summed E-state index contributed by atoms with van der Waals surface area (Å²) >= 11 is 5.94. The topological polar surface area (TPSA) is 69.6 Å². The van der Waals surface area contributed by atoms with Gasteiger partial charge in [0.2, 0.25) is 0 Å². The molecule has 1 aromatic carbocycles. The summed E-state index contributed by atoms with van der Waals surface area (Å²) in [7, 11) is 0. The highest BCUT2D eigenvalue weighted by Crippen LogP contribution is 2.36. The number of aromatic carboxylic acids is 1. The third-order valence-electron chi connectivity index (χ3n) is 4.13. The molecule has 0 unspecified atom stereocenters. The van der Waals surface area contributed by atoms with Crippen LogP contribution < -0.4 is 5.32 Å². The van der Waals surface area contributed by atoms with Crippen LogP contribution in [-0.4, -0.2) is 29.3 Å². The standard InChI is InChI=1S/C15H20ClNO3/c16-11-5-4-6-12(13(11)14(19)20)17-9-15(10-18)7-2-1-3-8-15/h4-6,17-18H,1-3,7-10H2,(H,19,20). The van der Waals surface area contributed by atoms with E-state index in [0.29, 0.717) is 12.2 Å². The number of anilines is 1. The molecule has 5 heteroatoms. The van der Waals surface area contributed by atoms with Crippen molar-refractivity contribution in [2.45, 2.75) is 32.1 Å². The van der Waals surface area contributed by atoms with Crippen LogP contribution in [0.15, 0.2) is 18.2 Å². The third kappa shape index (κ3) is 3.25. The molecule has 1 fully saturated rings. The molecule has 3 N–H and O–H groups in total. The van der Waals surface area contributed by atoms with Crippen LogP contribution in [0.2, 0.25) is 5.02 Å². The number of rotatable bonds is 5. The Hall–Kier alpha value is -1.26. The lowest BCUT2D eigenvalue weighted by Gasteiger charge is -2.36. The van der Waals surface area contributed by atoms with Gasteiger partial charge in [-0.3, -0.25) is 0 Å². The molecule has 0 radical (unpaired) electrons. The van der Waals surface area contributed by atoms with Crippen molar-refractivity contribution in [3.63, 3.8) is 0 Å². The number of aliphatic hydroxyl groups excluding tert-OH is 1. The van der Waals surface area contributed by atoms with Crippen molar-refractivity contribution in [2.75, 3.05) is 18.5 Å². The van der Waals surface area contributed by atoms with Gasteiger partial charge in [-0.05, 0) is 25.0 Å². The van der Waals surface area contributed by atoms with Crippen molar-refractivity contribution in [2.24, 2.45) is 5.41 Å². The maximum Gasteiger partial charge on any atom is 0.339 e. The van der Waals surface area contributed by atoms with Crippen molar-refractivity contribution in [1.82, 2.24) is 0 Å². The molecule has 20 heavy (non-hydrogen) atoms. The quantitative estimate of drug-likeness (QED) is 0.779. The molecule has 4 nitrogen and oxygen atoms in total. The highest BCUT2D eigenvalue weighted by molar-refractivity contribution is 6.34. The second-order valence-corrected chi connectivity index (χ2v) is 5.95. The molecule has 0 heterocycles. The predicted octanol–water partition coefficient (Wildman–Crippen LogP) is 3.39. The van der Waals surface area contributed by atoms with Crippen LogP contribution in [0.3, 0.4) is 0 Å². The number of hydrogen-bond acceptors (Lipinski definition) is 3. The maximum absolute atomic E-state index is 11.3. The molecule has 1 aliphatic carbocycles. The fourth-order valence-corrected chi connectivity index (χ4v) is 3.12. The summed E-state index contributed by atoms with van der Waals surface area (Å²) in [4.78, 5) is 11.3. The zero-order valence-corrected chi connectivity index (χ0v) is 12.1. The number of carboxylic acid groups (broad SMARTS) is 1. The van der Waals surface area contributed by atoms with E-state index in [4.69, 9.17) is 11.6 Å². The number of hydrogen-bond donors (Lipinski definition) is 3. The molecule has 0 amide bonds. The van der Waals surface area contributed by atoms with Crippen LogP contribution in [-0.2, 0) is 0 Å². The van der Waals surface area contributed by atoms with E-state index in [1.165, 1.54) is 6.42 Å². The second-order valence-electron chi connectivity index (χ2n) is 5.54. The first-order chi connectivity index (χ1) is 9.58. The van der Waals surface area contributed by atoms with Crippen molar-refractivity contribution in [3.8, 4) is 0 Å². The molecular weight excluding hydrogens is 278 g/mol. The molecule has 0 aromatic heterocycles. The van der Waals surface area contributed by atoms with E-state index in [0.717, 1.165) is 25.7 Å². The fourth-order valence-electron chi connectivity index (χ4n) is 2.86. The first-order valence-corrected chi connectivity index (χ1v) is 7.32. The highest BCUT2D eigenvalue weighted by atomic mass is 35.5. The Bertz CT molecular complexity index is 484. The van der Waals surface area contributed by atoms with Crippen molar-refractivity contribution < 1.29 is 15.0 Å². The van der Waals surface area contributed by atoms with Gasteiger partial charge in [0.1, 0.15) is 5.56 Å². The minimum Gasteiger partial charge on any atom is -0.478 e. The monoisotopic (exact) mass is 297 g/mol. The smallest absolute Gasteiger partial charge is 0.339 e. The van der Waals surface area contributed by atoms with Crippen LogP contribution in [0.1, 0.15) is 42.5 Å². The molecule has 0 saturated heterocycles. The lowest BCUT2D eigenvalue weighted by atomic mass is 9.74. The first kappa shape index (κ1) is 15.1. The van der Waals surface area contributed by atoms with Gasteiger partial charge in [-0.1, -0.05) is 36.9 Å². The van der Waals surface area contributed by atoms with Crippen molar-refractivity contribution in [1.29, 1.82) is 0 Å². The second kappa shape index (κ2) is 6.46. The molecule has 2 rings (SSSR count). The largest absolute Gasteiger partial charge is 0.478 e. The Labute approximate surface area is 123 Å². The van der Waals surface area contributed by atoms with Crippen LogP contribution >= 0.6 is 11.6 Å². The third-order valence-corrected chi connectivity index (χ3v) is 4.45. The summed E-state index contributed by atoms with van der Waals surface area (Å²) in [5, 5.41) is 22.3. The average Bonchev–Trinajstić information content (AvgIpc) is 2.45. The van der Waals surface area contributed by atoms with Crippen LogP contribution in [0.25, 0.3) is 0 Å². The van der Waals surface area contributed by atoms with E-state index in [-0.39, 0.29) is 22.6 Å². The summed E-state index contributed by atoms with van der Waals surface area (Å²) in [6.45, 7) is 0.701. The number of aliphatic hydroxyl groups is 1. The molecule has 110 valence electrons. The summed E-state index contributed by atoms with van der Waals surface area (Å²) in [5.74, 6) is -1.04. The molecule has 1 saturated carbocycles. The van der Waals surface area contributed by atoms with E-state index >= 15 is 0 Å². The number of benzene rings is 1. The van der Waals surface area contributed by atoms with Gasteiger partial charge in [-0.25, -0.2) is 4.79 Å². The molecular formula is C15H20ClNO3. The Morgan fingerprint density at radius 2 is 2.00 bits per heavy atom. The maximum atomic E-state index is 11.3. The first-order valence-electron chi connectivity index (χ1n) is 6.94. The summed E-state index contributed by atoms with van der Waals surface area (Å²) in [5.41, 5.74) is 0.470. The molecule has 0 aliphatic heterocycles. The van der Waals surface area contributed by atoms with E-state index in [1.807, 2.05) is 0 Å². The van der Waals surface area contributed by atoms with Gasteiger partial charge < -0.3 is 15.5 Å². The minimum absolute atomic E-state index is 0.0954. The van der Waals surface area contributed by atoms with Crippen molar-refractivity contribution >= 4 is 23.3 Å². The number of carbonyl (C=O) groups is 1. The van der Waals surface area contributed by atoms with Gasteiger partial charge in [0, 0.05) is 12.0 Å². The lowest BCUT2D eigenvalue weighted by Crippen LogP contribution is -2.35. The summed E-state index contributed by atoms with van der Waals surface area (Å²) < 4.78 is 0. The van der Waals surface area contributed by atoms with E-state index in [1.54, 1.807) is 18.2 Å². The Balaban J connectivity index is 2.14. The predicted molar refractivity (Wildman–Crippen MR) is 79.5 cm³/mol. The van der Waals surface area contributed by atoms with Gasteiger partial charge in [-0.15, -0.1) is 0 Å². The normalized spacial score (nSPS) is 17.7. The van der Waals surface area contributed by atoms with E-state index < -0.39 is 5.97 Å². The minimum atomic E-state index is -1.04. The Morgan fingerprint density at radius 3 is 2.60 bits per heavy atom. The highest BCUT2D eigenvalue weighted by Gasteiger charge is 2.31. The van der Waals surface area contributed by atoms with E-state index in [9.17, 15) is 15.0 Å². The van der Waals surface area contributed by atoms with Crippen LogP contribution in [0, 0.1) is 5.41 Å². The molecule has 0 spiro atoms. The van der Waals surface area contributed by atoms with Crippen LogP contribution in [0.5, 0.6) is 0 Å². The zero-order valence-electron chi connectivity index (χ0n) is 11.4. The summed E-state index contributed by atoms with van der Waals surface area (Å²) in [6, 6.07) is 5.01. The molecule has 0 atom stereocenters.